The second kappa shape index (κ2) is 4.04. The van der Waals surface area contributed by atoms with Crippen molar-refractivity contribution in [1.29, 1.82) is 0 Å². The van der Waals surface area contributed by atoms with Gasteiger partial charge < -0.3 is 9.47 Å². The second-order valence-electron chi connectivity index (χ2n) is 4.05. The zero-order chi connectivity index (χ0) is 11.8. The number of alkyl halides is 2. The van der Waals surface area contributed by atoms with E-state index in [0.717, 1.165) is 6.92 Å². The molecule has 1 heterocycles. The fourth-order valence-corrected chi connectivity index (χ4v) is 1.73. The Hall–Kier alpha value is -0.710. The minimum atomic E-state index is -3.13. The minimum absolute atomic E-state index is 0.344. The first-order valence-corrected chi connectivity index (χ1v) is 4.97. The molecule has 1 fully saturated rings. The van der Waals surface area contributed by atoms with Crippen molar-refractivity contribution in [2.75, 3.05) is 0 Å². The fraction of sp³-hybridized carbons (Fsp3) is 0.900. The van der Waals surface area contributed by atoms with E-state index in [0.29, 0.717) is 0 Å². The SMILES string of the molecule is CC(=O)O[C@@H]1[C@H](C)[C@H](C)O[C@H](C)C1(F)F. The lowest BCUT2D eigenvalue weighted by Crippen LogP contribution is -2.57. The van der Waals surface area contributed by atoms with Gasteiger partial charge in [0, 0.05) is 12.8 Å². The first-order valence-electron chi connectivity index (χ1n) is 4.97. The zero-order valence-electron chi connectivity index (χ0n) is 9.29. The number of hydrogen-bond donors (Lipinski definition) is 0. The van der Waals surface area contributed by atoms with Crippen LogP contribution in [-0.4, -0.2) is 30.2 Å². The van der Waals surface area contributed by atoms with E-state index < -0.39 is 30.0 Å². The van der Waals surface area contributed by atoms with Gasteiger partial charge in [0.25, 0.3) is 0 Å². The lowest BCUT2D eigenvalue weighted by molar-refractivity contribution is -0.269. The first-order chi connectivity index (χ1) is 6.76. The van der Waals surface area contributed by atoms with E-state index in [1.165, 1.54) is 6.92 Å². The smallest absolute Gasteiger partial charge is 0.309 e. The summed E-state index contributed by atoms with van der Waals surface area (Å²) in [5.74, 6) is -4.33. The standard InChI is InChI=1S/C10H16F2O3/c1-5-6(2)14-7(3)10(11,12)9(5)15-8(4)13/h5-7,9H,1-4H3/t5-,6+,7-,9-/m1/s1. The van der Waals surface area contributed by atoms with Gasteiger partial charge in [-0.15, -0.1) is 0 Å². The van der Waals surface area contributed by atoms with Gasteiger partial charge in [0.15, 0.2) is 6.10 Å². The van der Waals surface area contributed by atoms with E-state index in [1.54, 1.807) is 13.8 Å². The average molecular weight is 222 g/mol. The van der Waals surface area contributed by atoms with Crippen LogP contribution in [0.4, 0.5) is 8.78 Å². The molecule has 1 rings (SSSR count). The van der Waals surface area contributed by atoms with Crippen LogP contribution in [0.1, 0.15) is 27.7 Å². The van der Waals surface area contributed by atoms with Crippen molar-refractivity contribution in [2.45, 2.75) is 51.9 Å². The maximum atomic E-state index is 13.6. The quantitative estimate of drug-likeness (QED) is 0.636. The third-order valence-electron chi connectivity index (χ3n) is 2.85. The van der Waals surface area contributed by atoms with Crippen LogP contribution in [0.15, 0.2) is 0 Å². The average Bonchev–Trinajstić information content (AvgIpc) is 2.10. The van der Waals surface area contributed by atoms with Crippen molar-refractivity contribution in [3.8, 4) is 0 Å². The van der Waals surface area contributed by atoms with E-state index in [-0.39, 0.29) is 6.10 Å². The maximum Gasteiger partial charge on any atom is 0.309 e. The molecule has 0 amide bonds. The third kappa shape index (κ3) is 2.27. The van der Waals surface area contributed by atoms with Crippen LogP contribution >= 0.6 is 0 Å². The number of esters is 1. The Morgan fingerprint density at radius 3 is 2.33 bits per heavy atom. The monoisotopic (exact) mass is 222 g/mol. The predicted molar refractivity (Wildman–Crippen MR) is 49.7 cm³/mol. The van der Waals surface area contributed by atoms with E-state index in [9.17, 15) is 13.6 Å². The van der Waals surface area contributed by atoms with Crippen molar-refractivity contribution in [1.82, 2.24) is 0 Å². The molecule has 1 saturated heterocycles. The number of hydrogen-bond acceptors (Lipinski definition) is 3. The molecule has 3 nitrogen and oxygen atoms in total. The summed E-state index contributed by atoms with van der Waals surface area (Å²) in [5.41, 5.74) is 0. The summed E-state index contributed by atoms with van der Waals surface area (Å²) in [6.45, 7) is 5.72. The Morgan fingerprint density at radius 2 is 1.87 bits per heavy atom. The van der Waals surface area contributed by atoms with Crippen LogP contribution in [-0.2, 0) is 14.3 Å². The summed E-state index contributed by atoms with van der Waals surface area (Å²) in [5, 5.41) is 0. The van der Waals surface area contributed by atoms with Gasteiger partial charge in [-0.05, 0) is 13.8 Å². The first kappa shape index (κ1) is 12.4. The Labute approximate surface area is 87.7 Å². The van der Waals surface area contributed by atoms with Crippen LogP contribution in [0, 0.1) is 5.92 Å². The van der Waals surface area contributed by atoms with Gasteiger partial charge in [-0.1, -0.05) is 6.92 Å². The molecule has 0 N–H and O–H groups in total. The molecule has 15 heavy (non-hydrogen) atoms. The lowest BCUT2D eigenvalue weighted by Gasteiger charge is -2.42. The highest BCUT2D eigenvalue weighted by Gasteiger charge is 2.55. The van der Waals surface area contributed by atoms with Gasteiger partial charge in [0.2, 0.25) is 0 Å². The van der Waals surface area contributed by atoms with Gasteiger partial charge in [0.1, 0.15) is 6.10 Å². The highest BCUT2D eigenvalue weighted by Crippen LogP contribution is 2.39. The molecule has 0 radical (unpaired) electrons. The van der Waals surface area contributed by atoms with Crippen molar-refractivity contribution in [2.24, 2.45) is 5.92 Å². The van der Waals surface area contributed by atoms with E-state index in [1.807, 2.05) is 0 Å². The van der Waals surface area contributed by atoms with Crippen molar-refractivity contribution >= 4 is 5.97 Å². The molecule has 4 atom stereocenters. The summed E-state index contributed by atoms with van der Waals surface area (Å²) < 4.78 is 37.1. The van der Waals surface area contributed by atoms with Crippen LogP contribution in [0.5, 0.6) is 0 Å². The van der Waals surface area contributed by atoms with Crippen molar-refractivity contribution in [3.63, 3.8) is 0 Å². The topological polar surface area (TPSA) is 35.5 Å². The summed E-state index contributed by atoms with van der Waals surface area (Å²) >= 11 is 0. The van der Waals surface area contributed by atoms with Crippen molar-refractivity contribution < 1.29 is 23.0 Å². The zero-order valence-corrected chi connectivity index (χ0v) is 9.29. The summed E-state index contributed by atoms with van der Waals surface area (Å²) in [6.07, 6.45) is -2.97. The van der Waals surface area contributed by atoms with E-state index in [2.05, 4.69) is 0 Å². The number of halogens is 2. The Bertz CT molecular complexity index is 255. The normalized spacial score (nSPS) is 39.9. The molecule has 5 heteroatoms. The maximum absolute atomic E-state index is 13.6. The van der Waals surface area contributed by atoms with Crippen LogP contribution < -0.4 is 0 Å². The van der Waals surface area contributed by atoms with Crippen LogP contribution in [0.2, 0.25) is 0 Å². The van der Waals surface area contributed by atoms with Crippen LogP contribution in [0.25, 0.3) is 0 Å². The summed E-state index contributed by atoms with van der Waals surface area (Å²) in [4.78, 5) is 10.8. The molecule has 0 spiro atoms. The predicted octanol–water partition coefficient (Wildman–Crippen LogP) is 2.00. The van der Waals surface area contributed by atoms with Crippen LogP contribution in [0.3, 0.4) is 0 Å². The molecule has 0 aromatic carbocycles. The van der Waals surface area contributed by atoms with E-state index >= 15 is 0 Å². The van der Waals surface area contributed by atoms with E-state index in [4.69, 9.17) is 9.47 Å². The van der Waals surface area contributed by atoms with Gasteiger partial charge in [-0.25, -0.2) is 0 Å². The van der Waals surface area contributed by atoms with Gasteiger partial charge >= 0.3 is 11.9 Å². The summed E-state index contributed by atoms with van der Waals surface area (Å²) in [7, 11) is 0. The van der Waals surface area contributed by atoms with Gasteiger partial charge in [0.05, 0.1) is 6.10 Å². The second-order valence-corrected chi connectivity index (χ2v) is 4.05. The molecule has 0 aromatic rings. The van der Waals surface area contributed by atoms with Gasteiger partial charge in [-0.3, -0.25) is 4.79 Å². The minimum Gasteiger partial charge on any atom is -0.456 e. The molecule has 1 aliphatic rings. The molecule has 0 aliphatic carbocycles. The fourth-order valence-electron chi connectivity index (χ4n) is 1.73. The molecule has 1 aliphatic heterocycles. The molecular weight excluding hydrogens is 206 g/mol. The molecule has 0 bridgehead atoms. The number of carbonyl (C=O) groups is 1. The Kier molecular flexibility index (Phi) is 3.33. The van der Waals surface area contributed by atoms with Crippen molar-refractivity contribution in [3.05, 3.63) is 0 Å². The summed E-state index contributed by atoms with van der Waals surface area (Å²) in [6, 6.07) is 0. The number of carbonyl (C=O) groups excluding carboxylic acids is 1. The molecule has 0 unspecified atom stereocenters. The lowest BCUT2D eigenvalue weighted by atomic mass is 9.88. The highest BCUT2D eigenvalue weighted by atomic mass is 19.3. The Morgan fingerprint density at radius 1 is 1.33 bits per heavy atom. The molecule has 0 aromatic heterocycles. The number of rotatable bonds is 1. The number of ether oxygens (including phenoxy) is 2. The molecule has 0 saturated carbocycles. The third-order valence-corrected chi connectivity index (χ3v) is 2.85. The Balaban J connectivity index is 2.89. The highest BCUT2D eigenvalue weighted by molar-refractivity contribution is 5.66. The van der Waals surface area contributed by atoms with Gasteiger partial charge in [-0.2, -0.15) is 8.78 Å². The molecular formula is C10H16F2O3. The largest absolute Gasteiger partial charge is 0.456 e. The molecule has 88 valence electrons.